The Morgan fingerprint density at radius 2 is 2.00 bits per heavy atom. The summed E-state index contributed by atoms with van der Waals surface area (Å²) < 4.78 is 33.9. The van der Waals surface area contributed by atoms with E-state index in [0.29, 0.717) is 24.3 Å². The lowest BCUT2D eigenvalue weighted by atomic mass is 9.88. The molecule has 0 amide bonds. The van der Waals surface area contributed by atoms with Gasteiger partial charge < -0.3 is 20.3 Å². The number of anilines is 3. The number of hydrogen-bond donors (Lipinski definition) is 2. The average Bonchev–Trinajstić information content (AvgIpc) is 3.58. The maximum absolute atomic E-state index is 13.1. The lowest BCUT2D eigenvalue weighted by molar-refractivity contribution is -0.0930. The quantitative estimate of drug-likeness (QED) is 0.442. The Morgan fingerprint density at radius 1 is 1.19 bits per heavy atom. The predicted octanol–water partition coefficient (Wildman–Crippen LogP) is 4.91. The molecule has 9 nitrogen and oxygen atoms in total. The minimum Gasteiger partial charge on any atom is -0.495 e. The molecule has 1 atom stereocenters. The third-order valence-electron chi connectivity index (χ3n) is 7.76. The monoisotopic (exact) mass is 510 g/mol. The molecule has 0 radical (unpaired) electrons. The zero-order valence-electron chi connectivity index (χ0n) is 21.1. The van der Waals surface area contributed by atoms with E-state index < -0.39 is 5.92 Å². The predicted molar refractivity (Wildman–Crippen MR) is 136 cm³/mol. The first-order valence-electron chi connectivity index (χ1n) is 13.1. The van der Waals surface area contributed by atoms with E-state index >= 15 is 0 Å². The molecule has 2 aliphatic carbocycles. The van der Waals surface area contributed by atoms with E-state index in [0.717, 1.165) is 47.8 Å². The van der Waals surface area contributed by atoms with Gasteiger partial charge in [-0.2, -0.15) is 4.98 Å². The Kier molecular flexibility index (Phi) is 6.18. The lowest BCUT2D eigenvalue weighted by Gasteiger charge is -2.40. The maximum atomic E-state index is 13.1. The molecule has 3 aliphatic rings. The third-order valence-corrected chi connectivity index (χ3v) is 7.76. The van der Waals surface area contributed by atoms with Gasteiger partial charge in [-0.3, -0.25) is 4.57 Å². The molecule has 0 spiro atoms. The first-order chi connectivity index (χ1) is 18.0. The Balaban J connectivity index is 1.25. The van der Waals surface area contributed by atoms with Gasteiger partial charge in [-0.25, -0.2) is 13.8 Å². The van der Waals surface area contributed by atoms with Gasteiger partial charge in [-0.15, -0.1) is 10.2 Å². The van der Waals surface area contributed by atoms with Crippen molar-refractivity contribution in [1.29, 1.82) is 0 Å². The molecule has 6 rings (SSSR count). The summed E-state index contributed by atoms with van der Waals surface area (Å²) in [6.07, 6.45) is 8.97. The van der Waals surface area contributed by atoms with Gasteiger partial charge in [0.2, 0.25) is 5.95 Å². The molecule has 2 aromatic heterocycles. The van der Waals surface area contributed by atoms with E-state index in [-0.39, 0.29) is 24.9 Å². The van der Waals surface area contributed by atoms with Crippen LogP contribution >= 0.6 is 0 Å². The molecule has 1 aromatic carbocycles. The molecule has 37 heavy (non-hydrogen) atoms. The number of nitrogens with zero attached hydrogens (tertiary/aromatic N) is 6. The molecule has 1 aliphatic heterocycles. The van der Waals surface area contributed by atoms with Crippen LogP contribution < -0.4 is 20.3 Å². The van der Waals surface area contributed by atoms with E-state index in [2.05, 4.69) is 37.6 Å². The second kappa shape index (κ2) is 9.51. The Bertz CT molecular complexity index is 1270. The van der Waals surface area contributed by atoms with Crippen LogP contribution in [0.1, 0.15) is 69.3 Å². The summed E-state index contributed by atoms with van der Waals surface area (Å²) in [6, 6.07) is 6.14. The molecule has 196 valence electrons. The summed E-state index contributed by atoms with van der Waals surface area (Å²) in [5.41, 5.74) is 2.58. The number of nitrogens with one attached hydrogen (secondary N) is 2. The van der Waals surface area contributed by atoms with Crippen molar-refractivity contribution >= 4 is 17.5 Å². The molecule has 0 unspecified atom stereocenters. The standard InChI is InChI=1S/C26H32F2N8O/c1-3-20-24-34-31-15-35(24)21-14-30-25(33-23(21)36(20)18-6-4-5-7-18)32-19-9-8-16(10-22(19)37-2)13-29-17-11-26(27,28)12-17/h8-10,14-15,17-18,20,29H,3-7,11-13H2,1-2H3,(H,30,32,33)/t20-/m1/s1. The molecule has 3 heterocycles. The first kappa shape index (κ1) is 24.0. The largest absolute Gasteiger partial charge is 0.495 e. The number of alkyl halides is 2. The zero-order chi connectivity index (χ0) is 25.6. The molecule has 2 fully saturated rings. The number of benzene rings is 1. The summed E-state index contributed by atoms with van der Waals surface area (Å²) in [6.45, 7) is 2.68. The smallest absolute Gasteiger partial charge is 0.251 e. The number of aromatic nitrogens is 5. The molecule has 3 aromatic rings. The Morgan fingerprint density at radius 3 is 2.73 bits per heavy atom. The van der Waals surface area contributed by atoms with E-state index in [9.17, 15) is 8.78 Å². The maximum Gasteiger partial charge on any atom is 0.251 e. The van der Waals surface area contributed by atoms with Gasteiger partial charge in [0.1, 0.15) is 17.8 Å². The van der Waals surface area contributed by atoms with Crippen molar-refractivity contribution < 1.29 is 13.5 Å². The van der Waals surface area contributed by atoms with Gasteiger partial charge in [0, 0.05) is 31.5 Å². The highest BCUT2D eigenvalue weighted by Gasteiger charge is 2.45. The van der Waals surface area contributed by atoms with Crippen molar-refractivity contribution in [3.05, 3.63) is 42.1 Å². The number of ether oxygens (including phenoxy) is 1. The fraction of sp³-hybridized carbons (Fsp3) is 0.538. The van der Waals surface area contributed by atoms with Crippen LogP contribution in [0.4, 0.5) is 26.2 Å². The summed E-state index contributed by atoms with van der Waals surface area (Å²) in [5.74, 6) is 0.412. The van der Waals surface area contributed by atoms with Crippen LogP contribution in [0, 0.1) is 0 Å². The van der Waals surface area contributed by atoms with Crippen molar-refractivity contribution in [3.8, 4) is 11.4 Å². The molecule has 2 saturated carbocycles. The van der Waals surface area contributed by atoms with E-state index in [1.807, 2.05) is 29.0 Å². The average molecular weight is 511 g/mol. The highest BCUT2D eigenvalue weighted by molar-refractivity contribution is 5.68. The van der Waals surface area contributed by atoms with E-state index in [4.69, 9.17) is 9.72 Å². The van der Waals surface area contributed by atoms with Crippen LogP contribution in [0.2, 0.25) is 0 Å². The van der Waals surface area contributed by atoms with E-state index in [1.165, 1.54) is 12.8 Å². The molecular formula is C26H32F2N8O. The van der Waals surface area contributed by atoms with Crippen LogP contribution in [-0.4, -0.2) is 49.8 Å². The summed E-state index contributed by atoms with van der Waals surface area (Å²) in [5, 5.41) is 15.1. The van der Waals surface area contributed by atoms with Crippen LogP contribution in [0.3, 0.4) is 0 Å². The van der Waals surface area contributed by atoms with Gasteiger partial charge >= 0.3 is 0 Å². The minimum absolute atomic E-state index is 0.104. The SMILES string of the molecule is CC[C@@H]1c2nncn2-c2cnc(Nc3ccc(CNC4CC(F)(F)C4)cc3OC)nc2N1C1CCCC1. The number of hydrogen-bond acceptors (Lipinski definition) is 8. The topological polar surface area (TPSA) is 93.0 Å². The Hall–Kier alpha value is -3.34. The molecule has 0 saturated heterocycles. The summed E-state index contributed by atoms with van der Waals surface area (Å²) >= 11 is 0. The summed E-state index contributed by atoms with van der Waals surface area (Å²) in [7, 11) is 1.61. The lowest BCUT2D eigenvalue weighted by Crippen LogP contribution is -2.48. The highest BCUT2D eigenvalue weighted by Crippen LogP contribution is 2.43. The van der Waals surface area contributed by atoms with E-state index in [1.54, 1.807) is 13.4 Å². The fourth-order valence-corrected chi connectivity index (χ4v) is 5.84. The number of fused-ring (bicyclic) bond motifs is 3. The van der Waals surface area contributed by atoms with Crippen molar-refractivity contribution in [2.24, 2.45) is 0 Å². The van der Waals surface area contributed by atoms with Crippen molar-refractivity contribution in [2.75, 3.05) is 17.3 Å². The third kappa shape index (κ3) is 4.49. The molecular weight excluding hydrogens is 478 g/mol. The minimum atomic E-state index is -2.53. The van der Waals surface area contributed by atoms with Crippen LogP contribution in [0.25, 0.3) is 5.69 Å². The second-order valence-corrected chi connectivity index (χ2v) is 10.2. The van der Waals surface area contributed by atoms with Crippen molar-refractivity contribution in [3.63, 3.8) is 0 Å². The van der Waals surface area contributed by atoms with Gasteiger partial charge in [0.25, 0.3) is 5.92 Å². The number of halogens is 2. The zero-order valence-corrected chi connectivity index (χ0v) is 21.1. The molecule has 11 heteroatoms. The number of methoxy groups -OCH3 is 1. The molecule has 2 N–H and O–H groups in total. The second-order valence-electron chi connectivity index (χ2n) is 10.2. The van der Waals surface area contributed by atoms with Crippen molar-refractivity contribution in [2.45, 2.75) is 82.5 Å². The van der Waals surface area contributed by atoms with Gasteiger partial charge in [0.05, 0.1) is 25.0 Å². The Labute approximate surface area is 214 Å². The fourth-order valence-electron chi connectivity index (χ4n) is 5.84. The first-order valence-corrected chi connectivity index (χ1v) is 13.1. The molecule has 0 bridgehead atoms. The van der Waals surface area contributed by atoms with Gasteiger partial charge in [-0.1, -0.05) is 25.8 Å². The van der Waals surface area contributed by atoms with Gasteiger partial charge in [0.15, 0.2) is 11.6 Å². The normalized spacial score (nSPS) is 20.9. The van der Waals surface area contributed by atoms with Crippen LogP contribution in [0.15, 0.2) is 30.7 Å². The van der Waals surface area contributed by atoms with Crippen LogP contribution in [-0.2, 0) is 6.54 Å². The highest BCUT2D eigenvalue weighted by atomic mass is 19.3. The number of rotatable bonds is 8. The van der Waals surface area contributed by atoms with Gasteiger partial charge in [-0.05, 0) is 37.0 Å². The summed E-state index contributed by atoms with van der Waals surface area (Å²) in [4.78, 5) is 12.0. The van der Waals surface area contributed by atoms with Crippen LogP contribution in [0.5, 0.6) is 5.75 Å². The van der Waals surface area contributed by atoms with Crippen molar-refractivity contribution in [1.82, 2.24) is 30.0 Å².